The third-order valence-electron chi connectivity index (χ3n) is 1.33. The van der Waals surface area contributed by atoms with Crippen LogP contribution >= 0.6 is 11.6 Å². The van der Waals surface area contributed by atoms with Gasteiger partial charge in [0.25, 0.3) is 0 Å². The molecular weight excluding hydrogens is 178 g/mol. The molecule has 0 amide bonds. The molecule has 2 aromatic rings. The van der Waals surface area contributed by atoms with Crippen molar-refractivity contribution >= 4 is 11.6 Å². The van der Waals surface area contributed by atoms with E-state index < -0.39 is 0 Å². The summed E-state index contributed by atoms with van der Waals surface area (Å²) < 4.78 is 0. The first-order valence-corrected chi connectivity index (χ1v) is 3.59. The van der Waals surface area contributed by atoms with Crippen LogP contribution in [0, 0.1) is 0 Å². The second-order valence-corrected chi connectivity index (χ2v) is 2.49. The Bertz CT molecular complexity index is 371. The van der Waals surface area contributed by atoms with Crippen LogP contribution in [0.2, 0.25) is 5.15 Å². The fourth-order valence-corrected chi connectivity index (χ4v) is 1.000. The maximum absolute atomic E-state index is 5.66. The van der Waals surface area contributed by atoms with Gasteiger partial charge in [0.05, 0.1) is 0 Å². The number of hydrogen-bond donors (Lipinski definition) is 1. The molecule has 12 heavy (non-hydrogen) atoms. The number of pyridine rings is 1. The molecule has 2 rings (SSSR count). The fourth-order valence-electron chi connectivity index (χ4n) is 0.826. The molecule has 6 heteroatoms. The Morgan fingerprint density at radius 2 is 2.33 bits per heavy atom. The van der Waals surface area contributed by atoms with Crippen molar-refractivity contribution in [1.29, 1.82) is 0 Å². The van der Waals surface area contributed by atoms with Crippen LogP contribution in [0.15, 0.2) is 18.3 Å². The van der Waals surface area contributed by atoms with Gasteiger partial charge in [-0.2, -0.15) is 5.21 Å². The van der Waals surface area contributed by atoms with E-state index in [2.05, 4.69) is 25.6 Å². The molecule has 0 radical (unpaired) electrons. The van der Waals surface area contributed by atoms with Crippen molar-refractivity contribution in [2.45, 2.75) is 0 Å². The van der Waals surface area contributed by atoms with Crippen LogP contribution in [0.25, 0.3) is 11.4 Å². The Labute approximate surface area is 72.8 Å². The highest BCUT2D eigenvalue weighted by atomic mass is 35.5. The summed E-state index contributed by atoms with van der Waals surface area (Å²) in [6.45, 7) is 0. The van der Waals surface area contributed by atoms with Crippen molar-refractivity contribution in [3.63, 3.8) is 0 Å². The third kappa shape index (κ3) is 1.26. The quantitative estimate of drug-likeness (QED) is 0.665. The highest BCUT2D eigenvalue weighted by Gasteiger charge is 2.02. The fraction of sp³-hybridized carbons (Fsp3) is 0. The Kier molecular flexibility index (Phi) is 1.71. The van der Waals surface area contributed by atoms with Gasteiger partial charge in [-0.15, -0.1) is 10.2 Å². The van der Waals surface area contributed by atoms with E-state index in [-0.39, 0.29) is 0 Å². The van der Waals surface area contributed by atoms with Gasteiger partial charge in [0.2, 0.25) is 5.82 Å². The van der Waals surface area contributed by atoms with E-state index >= 15 is 0 Å². The monoisotopic (exact) mass is 181 g/mol. The number of nitrogens with zero attached hydrogens (tertiary/aromatic N) is 4. The topological polar surface area (TPSA) is 67.3 Å². The largest absolute Gasteiger partial charge is 0.245 e. The van der Waals surface area contributed by atoms with Gasteiger partial charge < -0.3 is 0 Å². The van der Waals surface area contributed by atoms with E-state index in [0.717, 1.165) is 5.56 Å². The average molecular weight is 182 g/mol. The first-order chi connectivity index (χ1) is 5.86. The van der Waals surface area contributed by atoms with Crippen LogP contribution in [-0.2, 0) is 0 Å². The predicted octanol–water partition coefficient (Wildman–Crippen LogP) is 0.915. The molecule has 0 saturated carbocycles. The number of hydrogen-bond acceptors (Lipinski definition) is 4. The van der Waals surface area contributed by atoms with Crippen LogP contribution < -0.4 is 0 Å². The van der Waals surface area contributed by atoms with Crippen LogP contribution in [0.3, 0.4) is 0 Å². The van der Waals surface area contributed by atoms with E-state index in [0.29, 0.717) is 11.0 Å². The molecule has 0 saturated heterocycles. The highest BCUT2D eigenvalue weighted by Crippen LogP contribution is 2.15. The third-order valence-corrected chi connectivity index (χ3v) is 1.54. The molecular formula is C6H4ClN5. The molecule has 0 atom stereocenters. The number of tetrazole rings is 1. The average Bonchev–Trinajstić information content (AvgIpc) is 2.56. The summed E-state index contributed by atoms with van der Waals surface area (Å²) in [6.07, 6.45) is 1.59. The van der Waals surface area contributed by atoms with E-state index in [1.807, 2.05) is 0 Å². The Hall–Kier alpha value is -1.49. The molecule has 0 fully saturated rings. The molecule has 0 aliphatic carbocycles. The van der Waals surface area contributed by atoms with E-state index in [1.54, 1.807) is 18.3 Å². The molecule has 1 N–H and O–H groups in total. The van der Waals surface area contributed by atoms with Crippen LogP contribution in [0.4, 0.5) is 0 Å². The maximum atomic E-state index is 5.66. The minimum Gasteiger partial charge on any atom is -0.245 e. The first-order valence-electron chi connectivity index (χ1n) is 3.21. The second-order valence-electron chi connectivity index (χ2n) is 2.10. The van der Waals surface area contributed by atoms with Crippen molar-refractivity contribution in [3.05, 3.63) is 23.5 Å². The number of halogens is 1. The molecule has 60 valence electrons. The number of nitrogens with one attached hydrogen (secondary N) is 1. The van der Waals surface area contributed by atoms with Crippen molar-refractivity contribution in [2.75, 3.05) is 0 Å². The lowest BCUT2D eigenvalue weighted by atomic mass is 10.3. The summed E-state index contributed by atoms with van der Waals surface area (Å²) in [7, 11) is 0. The zero-order valence-corrected chi connectivity index (χ0v) is 6.65. The summed E-state index contributed by atoms with van der Waals surface area (Å²) in [5.41, 5.74) is 0.795. The van der Waals surface area contributed by atoms with Gasteiger partial charge in [-0.05, 0) is 17.3 Å². The van der Waals surface area contributed by atoms with Crippen LogP contribution in [-0.4, -0.2) is 25.6 Å². The summed E-state index contributed by atoms with van der Waals surface area (Å²) in [5, 5.41) is 13.8. The second kappa shape index (κ2) is 2.86. The van der Waals surface area contributed by atoms with Crippen molar-refractivity contribution in [2.24, 2.45) is 0 Å². The number of aromatic nitrogens is 5. The van der Waals surface area contributed by atoms with Gasteiger partial charge in [0, 0.05) is 11.8 Å². The molecule has 0 unspecified atom stereocenters. The smallest absolute Gasteiger partial charge is 0.204 e. The minimum atomic E-state index is 0.414. The molecule has 5 nitrogen and oxygen atoms in total. The summed E-state index contributed by atoms with van der Waals surface area (Å²) >= 11 is 5.66. The molecule has 0 aliphatic heterocycles. The van der Waals surface area contributed by atoms with Gasteiger partial charge in [0.15, 0.2) is 0 Å². The van der Waals surface area contributed by atoms with Gasteiger partial charge in [-0.3, -0.25) is 0 Å². The zero-order chi connectivity index (χ0) is 8.39. The highest BCUT2D eigenvalue weighted by molar-refractivity contribution is 6.29. The normalized spacial score (nSPS) is 10.1. The predicted molar refractivity (Wildman–Crippen MR) is 42.4 cm³/mol. The van der Waals surface area contributed by atoms with Crippen LogP contribution in [0.1, 0.15) is 0 Å². The number of H-pyrrole nitrogens is 1. The lowest BCUT2D eigenvalue weighted by Gasteiger charge is -1.92. The minimum absolute atomic E-state index is 0.414. The lowest BCUT2D eigenvalue weighted by Crippen LogP contribution is -1.82. The molecule has 0 aromatic carbocycles. The summed E-state index contributed by atoms with van der Waals surface area (Å²) in [4.78, 5) is 3.83. The molecule has 0 bridgehead atoms. The Balaban J connectivity index is 2.48. The Morgan fingerprint density at radius 3 is 3.00 bits per heavy atom. The Morgan fingerprint density at radius 1 is 1.42 bits per heavy atom. The number of aromatic amines is 1. The van der Waals surface area contributed by atoms with E-state index in [1.165, 1.54) is 0 Å². The SMILES string of the molecule is Clc1cc(-c2nn[nH]n2)ccn1. The van der Waals surface area contributed by atoms with Crippen LogP contribution in [0.5, 0.6) is 0 Å². The molecule has 2 heterocycles. The maximum Gasteiger partial charge on any atom is 0.204 e. The van der Waals surface area contributed by atoms with Crippen molar-refractivity contribution in [1.82, 2.24) is 25.6 Å². The number of rotatable bonds is 1. The van der Waals surface area contributed by atoms with Gasteiger partial charge in [-0.25, -0.2) is 4.98 Å². The standard InChI is InChI=1S/C6H4ClN5/c7-5-3-4(1-2-8-5)6-9-11-12-10-6/h1-3H,(H,9,10,11,12). The van der Waals surface area contributed by atoms with E-state index in [4.69, 9.17) is 11.6 Å². The summed E-state index contributed by atoms with van der Waals surface area (Å²) in [6, 6.07) is 3.43. The molecule has 2 aromatic heterocycles. The van der Waals surface area contributed by atoms with Crippen molar-refractivity contribution < 1.29 is 0 Å². The van der Waals surface area contributed by atoms with Gasteiger partial charge in [0.1, 0.15) is 5.15 Å². The summed E-state index contributed by atoms with van der Waals surface area (Å²) in [5.74, 6) is 0.513. The molecule has 0 aliphatic rings. The first kappa shape index (κ1) is 7.17. The van der Waals surface area contributed by atoms with E-state index in [9.17, 15) is 0 Å². The molecule has 0 spiro atoms. The zero-order valence-electron chi connectivity index (χ0n) is 5.90. The van der Waals surface area contributed by atoms with Crippen molar-refractivity contribution in [3.8, 4) is 11.4 Å². The lowest BCUT2D eigenvalue weighted by molar-refractivity contribution is 0.881. The van der Waals surface area contributed by atoms with Gasteiger partial charge in [-0.1, -0.05) is 11.6 Å². The van der Waals surface area contributed by atoms with Gasteiger partial charge >= 0.3 is 0 Å².